The van der Waals surface area contributed by atoms with Crippen LogP contribution in [0.3, 0.4) is 0 Å². The highest BCUT2D eigenvalue weighted by molar-refractivity contribution is 5.80. The fourth-order valence-electron chi connectivity index (χ4n) is 3.10. The van der Waals surface area contributed by atoms with Crippen molar-refractivity contribution in [3.63, 3.8) is 0 Å². The van der Waals surface area contributed by atoms with E-state index < -0.39 is 16.6 Å². The highest BCUT2D eigenvalue weighted by Crippen LogP contribution is 2.40. The fourth-order valence-corrected chi connectivity index (χ4v) is 3.10. The maximum atomic E-state index is 13.9. The smallest absolute Gasteiger partial charge is 0.332 e. The molecule has 2 heterocycles. The highest BCUT2D eigenvalue weighted by Gasteiger charge is 2.31. The molecule has 4 rings (SSSR count). The van der Waals surface area contributed by atoms with Gasteiger partial charge in [-0.3, -0.25) is 10.1 Å². The number of para-hydroxylation sites is 1. The standard InChI is InChI=1S/C18H13F2N5O2/c19-12-5-6-14(13(20)9-12)23-17-16(25(26)27)18(22-10-21-17)24-8-7-11-3-1-2-4-15(11)24/h1-6,9-10H,7-8H2,(H,21,22,23). The molecule has 0 spiro atoms. The first kappa shape index (κ1) is 16.8. The predicted octanol–water partition coefficient (Wildman–Crippen LogP) is 4.10. The van der Waals surface area contributed by atoms with Gasteiger partial charge in [0.05, 0.1) is 10.6 Å². The van der Waals surface area contributed by atoms with Gasteiger partial charge in [-0.2, -0.15) is 0 Å². The summed E-state index contributed by atoms with van der Waals surface area (Å²) in [6.45, 7) is 0.529. The summed E-state index contributed by atoms with van der Waals surface area (Å²) in [5.41, 5.74) is 1.40. The van der Waals surface area contributed by atoms with Crippen LogP contribution >= 0.6 is 0 Å². The molecule has 0 fully saturated rings. The minimum atomic E-state index is -0.879. The number of anilines is 4. The predicted molar refractivity (Wildman–Crippen MR) is 95.5 cm³/mol. The maximum absolute atomic E-state index is 13.9. The first-order valence-corrected chi connectivity index (χ1v) is 8.11. The average Bonchev–Trinajstić information content (AvgIpc) is 3.07. The van der Waals surface area contributed by atoms with Gasteiger partial charge in [-0.25, -0.2) is 18.7 Å². The molecule has 136 valence electrons. The summed E-state index contributed by atoms with van der Waals surface area (Å²) in [7, 11) is 0. The van der Waals surface area contributed by atoms with E-state index >= 15 is 0 Å². The van der Waals surface area contributed by atoms with Crippen LogP contribution < -0.4 is 10.2 Å². The molecular formula is C18H13F2N5O2. The van der Waals surface area contributed by atoms with Crippen molar-refractivity contribution in [1.29, 1.82) is 0 Å². The molecule has 0 radical (unpaired) electrons. The third kappa shape index (κ3) is 3.03. The number of fused-ring (bicyclic) bond motifs is 1. The Morgan fingerprint density at radius 1 is 1.15 bits per heavy atom. The number of hydrogen-bond acceptors (Lipinski definition) is 6. The Hall–Kier alpha value is -3.62. The van der Waals surface area contributed by atoms with Gasteiger partial charge in [-0.15, -0.1) is 0 Å². The Bertz CT molecular complexity index is 1040. The molecule has 0 aliphatic carbocycles. The molecule has 1 aliphatic heterocycles. The van der Waals surface area contributed by atoms with Crippen LogP contribution in [-0.4, -0.2) is 21.4 Å². The lowest BCUT2D eigenvalue weighted by Gasteiger charge is -2.19. The van der Waals surface area contributed by atoms with Crippen molar-refractivity contribution >= 4 is 28.7 Å². The molecule has 0 bridgehead atoms. The van der Waals surface area contributed by atoms with Gasteiger partial charge in [-0.1, -0.05) is 18.2 Å². The molecule has 2 aromatic carbocycles. The van der Waals surface area contributed by atoms with E-state index in [-0.39, 0.29) is 23.0 Å². The molecule has 0 amide bonds. The number of nitrogens with zero attached hydrogens (tertiary/aromatic N) is 4. The minimum Gasteiger partial charge on any atom is -0.332 e. The van der Waals surface area contributed by atoms with Crippen LogP contribution in [0.15, 0.2) is 48.8 Å². The number of nitrogens with one attached hydrogen (secondary N) is 1. The molecule has 27 heavy (non-hydrogen) atoms. The van der Waals surface area contributed by atoms with Gasteiger partial charge in [0, 0.05) is 18.3 Å². The van der Waals surface area contributed by atoms with Crippen LogP contribution in [-0.2, 0) is 6.42 Å². The summed E-state index contributed by atoms with van der Waals surface area (Å²) in [5, 5.41) is 14.3. The third-order valence-electron chi connectivity index (χ3n) is 4.31. The SMILES string of the molecule is O=[N+]([O-])c1c(Nc2ccc(F)cc2F)ncnc1N1CCc2ccccc21. The molecule has 0 saturated carbocycles. The van der Waals surface area contributed by atoms with E-state index in [0.717, 1.165) is 29.8 Å². The molecule has 0 atom stereocenters. The van der Waals surface area contributed by atoms with E-state index in [4.69, 9.17) is 0 Å². The molecule has 1 aromatic heterocycles. The van der Waals surface area contributed by atoms with Crippen LogP contribution in [0.25, 0.3) is 0 Å². The number of nitro groups is 1. The van der Waals surface area contributed by atoms with Crippen LogP contribution in [0.5, 0.6) is 0 Å². The van der Waals surface area contributed by atoms with Crippen LogP contribution in [0.1, 0.15) is 5.56 Å². The maximum Gasteiger partial charge on any atom is 0.354 e. The second kappa shape index (κ2) is 6.60. The Morgan fingerprint density at radius 3 is 2.74 bits per heavy atom. The summed E-state index contributed by atoms with van der Waals surface area (Å²) < 4.78 is 27.0. The monoisotopic (exact) mass is 369 g/mol. The van der Waals surface area contributed by atoms with E-state index in [9.17, 15) is 18.9 Å². The topological polar surface area (TPSA) is 84.2 Å². The number of benzene rings is 2. The Morgan fingerprint density at radius 2 is 1.96 bits per heavy atom. The summed E-state index contributed by atoms with van der Waals surface area (Å²) in [6.07, 6.45) is 1.90. The van der Waals surface area contributed by atoms with Crippen molar-refractivity contribution in [1.82, 2.24) is 9.97 Å². The van der Waals surface area contributed by atoms with Gasteiger partial charge >= 0.3 is 5.69 Å². The third-order valence-corrected chi connectivity index (χ3v) is 4.31. The van der Waals surface area contributed by atoms with Gasteiger partial charge in [0.1, 0.15) is 18.0 Å². The molecular weight excluding hydrogens is 356 g/mol. The number of aromatic nitrogens is 2. The van der Waals surface area contributed by atoms with Crippen molar-refractivity contribution in [3.05, 3.63) is 76.1 Å². The summed E-state index contributed by atoms with van der Waals surface area (Å²) in [4.78, 5) is 20.9. The zero-order valence-electron chi connectivity index (χ0n) is 13.9. The second-order valence-corrected chi connectivity index (χ2v) is 5.93. The zero-order chi connectivity index (χ0) is 19.0. The second-order valence-electron chi connectivity index (χ2n) is 5.93. The lowest BCUT2D eigenvalue weighted by Crippen LogP contribution is -2.17. The highest BCUT2D eigenvalue weighted by atomic mass is 19.1. The van der Waals surface area contributed by atoms with Crippen molar-refractivity contribution < 1.29 is 13.7 Å². The van der Waals surface area contributed by atoms with Crippen molar-refractivity contribution in [2.45, 2.75) is 6.42 Å². The van der Waals surface area contributed by atoms with E-state index in [2.05, 4.69) is 15.3 Å². The quantitative estimate of drug-likeness (QED) is 0.551. The Balaban J connectivity index is 1.79. The van der Waals surface area contributed by atoms with Gasteiger partial charge < -0.3 is 10.2 Å². The lowest BCUT2D eigenvalue weighted by atomic mass is 10.2. The largest absolute Gasteiger partial charge is 0.354 e. The van der Waals surface area contributed by atoms with Gasteiger partial charge in [-0.05, 0) is 30.2 Å². The molecule has 3 aromatic rings. The molecule has 1 aliphatic rings. The molecule has 9 heteroatoms. The number of hydrogen-bond donors (Lipinski definition) is 1. The Labute approximate surface area is 152 Å². The van der Waals surface area contributed by atoms with E-state index in [0.29, 0.717) is 12.6 Å². The van der Waals surface area contributed by atoms with Crippen LogP contribution in [0.2, 0.25) is 0 Å². The first-order chi connectivity index (χ1) is 13.0. The minimum absolute atomic E-state index is 0.116. The molecule has 0 unspecified atom stereocenters. The molecule has 1 N–H and O–H groups in total. The molecule has 7 nitrogen and oxygen atoms in total. The van der Waals surface area contributed by atoms with Crippen molar-refractivity contribution in [2.24, 2.45) is 0 Å². The van der Waals surface area contributed by atoms with Gasteiger partial charge in [0.2, 0.25) is 11.6 Å². The lowest BCUT2D eigenvalue weighted by molar-refractivity contribution is -0.383. The summed E-state index contributed by atoms with van der Waals surface area (Å²) >= 11 is 0. The fraction of sp³-hybridized carbons (Fsp3) is 0.111. The van der Waals surface area contributed by atoms with Gasteiger partial charge in [0.15, 0.2) is 0 Å². The number of halogens is 2. The Kier molecular flexibility index (Phi) is 4.11. The normalized spacial score (nSPS) is 12.7. The van der Waals surface area contributed by atoms with Gasteiger partial charge in [0.25, 0.3) is 0 Å². The van der Waals surface area contributed by atoms with Crippen molar-refractivity contribution in [2.75, 3.05) is 16.8 Å². The first-order valence-electron chi connectivity index (χ1n) is 8.11. The summed E-state index contributed by atoms with van der Waals surface area (Å²) in [6, 6.07) is 10.5. The zero-order valence-corrected chi connectivity index (χ0v) is 13.9. The average molecular weight is 369 g/mol. The van der Waals surface area contributed by atoms with E-state index in [1.165, 1.54) is 6.33 Å². The number of rotatable bonds is 4. The van der Waals surface area contributed by atoms with Crippen molar-refractivity contribution in [3.8, 4) is 0 Å². The van der Waals surface area contributed by atoms with E-state index in [1.807, 2.05) is 24.3 Å². The summed E-state index contributed by atoms with van der Waals surface area (Å²) in [5.74, 6) is -1.68. The van der Waals surface area contributed by atoms with Crippen LogP contribution in [0, 0.1) is 21.7 Å². The van der Waals surface area contributed by atoms with Crippen LogP contribution in [0.4, 0.5) is 37.5 Å². The van der Waals surface area contributed by atoms with E-state index in [1.54, 1.807) is 4.90 Å². The molecule has 0 saturated heterocycles.